The number of nitrogens with zero attached hydrogens (tertiary/aromatic N) is 1. The molecule has 8 nitrogen and oxygen atoms in total. The minimum Gasteiger partial charge on any atom is -0.459 e. The zero-order valence-electron chi connectivity index (χ0n) is 16.4. The molecular formula is C21H24N2O6. The van der Waals surface area contributed by atoms with E-state index in [-0.39, 0.29) is 19.8 Å². The molecule has 2 aromatic carbocycles. The number of ether oxygens (including phenoxy) is 3. The Balaban J connectivity index is 2.26. The van der Waals surface area contributed by atoms with Crippen molar-refractivity contribution in [2.45, 2.75) is 19.9 Å². The molecule has 1 N–H and O–H groups in total. The lowest BCUT2D eigenvalue weighted by molar-refractivity contribution is 0.0176. The van der Waals surface area contributed by atoms with E-state index in [1.54, 1.807) is 68.4 Å². The summed E-state index contributed by atoms with van der Waals surface area (Å²) in [5.74, 6) is -0.550. The first-order chi connectivity index (χ1) is 14.1. The van der Waals surface area contributed by atoms with E-state index in [0.29, 0.717) is 11.1 Å². The normalized spacial score (nSPS) is 11.1. The molecule has 0 aliphatic heterocycles. The zero-order chi connectivity index (χ0) is 21.1. The van der Waals surface area contributed by atoms with Crippen LogP contribution in [0.15, 0.2) is 60.7 Å². The number of rotatable bonds is 7. The van der Waals surface area contributed by atoms with Crippen LogP contribution in [0.5, 0.6) is 0 Å². The fourth-order valence-electron chi connectivity index (χ4n) is 2.51. The van der Waals surface area contributed by atoms with Crippen molar-refractivity contribution in [3.63, 3.8) is 0 Å². The maximum atomic E-state index is 12.5. The second-order valence-corrected chi connectivity index (χ2v) is 5.79. The molecule has 0 aliphatic carbocycles. The van der Waals surface area contributed by atoms with E-state index in [9.17, 15) is 14.4 Å². The minimum atomic E-state index is -0.827. The quantitative estimate of drug-likeness (QED) is 0.433. The van der Waals surface area contributed by atoms with Crippen molar-refractivity contribution in [3.8, 4) is 0 Å². The summed E-state index contributed by atoms with van der Waals surface area (Å²) in [6.45, 7) is 3.31. The van der Waals surface area contributed by atoms with Gasteiger partial charge in [-0.25, -0.2) is 24.8 Å². The lowest BCUT2D eigenvalue weighted by Crippen LogP contribution is -2.50. The standard InChI is InChI=1S/C21H24N2O6/c1-3-27-20(25)22-23(21(26)28-4-2)18(16-11-7-5-8-12-16)15-29-19(24)17-13-9-6-10-14-17/h5-14,18H,3-4,15H2,1-2H3,(H,22,25). The Labute approximate surface area is 169 Å². The van der Waals surface area contributed by atoms with Gasteiger partial charge in [0.15, 0.2) is 0 Å². The Morgan fingerprint density at radius 3 is 2.03 bits per heavy atom. The summed E-state index contributed by atoms with van der Waals surface area (Å²) in [6.07, 6.45) is -1.62. The molecule has 0 aliphatic rings. The molecule has 0 bridgehead atoms. The largest absolute Gasteiger partial charge is 0.459 e. The van der Waals surface area contributed by atoms with Crippen LogP contribution in [0.3, 0.4) is 0 Å². The number of carbonyl (C=O) groups is 3. The highest BCUT2D eigenvalue weighted by atomic mass is 16.6. The summed E-state index contributed by atoms with van der Waals surface area (Å²) < 4.78 is 15.3. The molecule has 2 rings (SSSR count). The topological polar surface area (TPSA) is 94.2 Å². The lowest BCUT2D eigenvalue weighted by Gasteiger charge is -2.30. The molecule has 154 valence electrons. The molecule has 0 saturated heterocycles. The highest BCUT2D eigenvalue weighted by Crippen LogP contribution is 2.21. The zero-order valence-corrected chi connectivity index (χ0v) is 16.4. The summed E-state index contributed by atoms with van der Waals surface area (Å²) in [5.41, 5.74) is 3.38. The van der Waals surface area contributed by atoms with Gasteiger partial charge in [-0.05, 0) is 31.5 Å². The molecule has 2 amide bonds. The summed E-state index contributed by atoms with van der Waals surface area (Å²) in [7, 11) is 0. The van der Waals surface area contributed by atoms with Gasteiger partial charge in [0.1, 0.15) is 12.6 Å². The van der Waals surface area contributed by atoms with Crippen molar-refractivity contribution in [2.75, 3.05) is 19.8 Å². The van der Waals surface area contributed by atoms with Gasteiger partial charge in [0.25, 0.3) is 0 Å². The molecule has 8 heteroatoms. The van der Waals surface area contributed by atoms with E-state index in [0.717, 1.165) is 5.01 Å². The Hall–Kier alpha value is -3.55. The van der Waals surface area contributed by atoms with Crippen LogP contribution in [0.2, 0.25) is 0 Å². The van der Waals surface area contributed by atoms with Crippen LogP contribution in [-0.2, 0) is 14.2 Å². The van der Waals surface area contributed by atoms with Gasteiger partial charge in [-0.1, -0.05) is 48.5 Å². The van der Waals surface area contributed by atoms with E-state index in [2.05, 4.69) is 5.43 Å². The lowest BCUT2D eigenvalue weighted by atomic mass is 10.1. The number of hydrazine groups is 1. The number of carbonyl (C=O) groups excluding carboxylic acids is 3. The molecule has 0 fully saturated rings. The predicted molar refractivity (Wildman–Crippen MR) is 105 cm³/mol. The van der Waals surface area contributed by atoms with Gasteiger partial charge in [-0.2, -0.15) is 0 Å². The molecule has 0 heterocycles. The maximum absolute atomic E-state index is 12.5. The summed E-state index contributed by atoms with van der Waals surface area (Å²) >= 11 is 0. The molecular weight excluding hydrogens is 376 g/mol. The summed E-state index contributed by atoms with van der Waals surface area (Å²) in [4.78, 5) is 36.8. The number of benzene rings is 2. The fraction of sp³-hybridized carbons (Fsp3) is 0.286. The number of hydrogen-bond donors (Lipinski definition) is 1. The third-order valence-electron chi connectivity index (χ3n) is 3.83. The van der Waals surface area contributed by atoms with Crippen molar-refractivity contribution < 1.29 is 28.6 Å². The first-order valence-electron chi connectivity index (χ1n) is 9.23. The smallest absolute Gasteiger partial charge is 0.429 e. The molecule has 0 radical (unpaired) electrons. The molecule has 1 unspecified atom stereocenters. The Kier molecular flexibility index (Phi) is 8.50. The summed E-state index contributed by atoms with van der Waals surface area (Å²) in [6, 6.07) is 16.5. The van der Waals surface area contributed by atoms with Crippen LogP contribution in [0, 0.1) is 0 Å². The molecule has 0 saturated carbocycles. The minimum absolute atomic E-state index is 0.102. The van der Waals surface area contributed by atoms with Gasteiger partial charge in [0, 0.05) is 0 Å². The maximum Gasteiger partial charge on any atom is 0.429 e. The van der Waals surface area contributed by atoms with Gasteiger partial charge >= 0.3 is 18.2 Å². The molecule has 29 heavy (non-hydrogen) atoms. The second-order valence-electron chi connectivity index (χ2n) is 5.79. The van der Waals surface area contributed by atoms with E-state index in [1.165, 1.54) is 0 Å². The van der Waals surface area contributed by atoms with Gasteiger partial charge in [0.05, 0.1) is 18.8 Å². The Bertz CT molecular complexity index is 797. The average Bonchev–Trinajstić information content (AvgIpc) is 2.74. The first kappa shape index (κ1) is 21.7. The Morgan fingerprint density at radius 2 is 1.45 bits per heavy atom. The van der Waals surface area contributed by atoms with E-state index in [1.807, 2.05) is 6.07 Å². The van der Waals surface area contributed by atoms with Crippen molar-refractivity contribution in [3.05, 3.63) is 71.8 Å². The average molecular weight is 400 g/mol. The molecule has 0 aromatic heterocycles. The van der Waals surface area contributed by atoms with E-state index in [4.69, 9.17) is 14.2 Å². The van der Waals surface area contributed by atoms with Crippen molar-refractivity contribution in [1.29, 1.82) is 0 Å². The van der Waals surface area contributed by atoms with Crippen LogP contribution in [0.25, 0.3) is 0 Å². The van der Waals surface area contributed by atoms with Crippen molar-refractivity contribution >= 4 is 18.2 Å². The van der Waals surface area contributed by atoms with Crippen LogP contribution in [0.1, 0.15) is 35.8 Å². The van der Waals surface area contributed by atoms with Gasteiger partial charge in [-0.15, -0.1) is 0 Å². The van der Waals surface area contributed by atoms with Gasteiger partial charge in [-0.3, -0.25) is 0 Å². The van der Waals surface area contributed by atoms with Crippen LogP contribution in [-0.4, -0.2) is 43.0 Å². The first-order valence-corrected chi connectivity index (χ1v) is 9.23. The van der Waals surface area contributed by atoms with Crippen molar-refractivity contribution in [1.82, 2.24) is 10.4 Å². The Morgan fingerprint density at radius 1 is 0.862 bits per heavy atom. The SMILES string of the molecule is CCOC(=O)NN(C(=O)OCC)C(COC(=O)c1ccccc1)c1ccccc1. The van der Waals surface area contributed by atoms with Crippen molar-refractivity contribution in [2.24, 2.45) is 0 Å². The molecule has 2 aromatic rings. The highest BCUT2D eigenvalue weighted by molar-refractivity contribution is 5.89. The third-order valence-corrected chi connectivity index (χ3v) is 3.83. The second kappa shape index (κ2) is 11.3. The predicted octanol–water partition coefficient (Wildman–Crippen LogP) is 3.70. The van der Waals surface area contributed by atoms with Gasteiger partial charge < -0.3 is 14.2 Å². The molecule has 1 atom stereocenters. The van der Waals surface area contributed by atoms with Crippen LogP contribution in [0.4, 0.5) is 9.59 Å². The van der Waals surface area contributed by atoms with Crippen LogP contribution >= 0.6 is 0 Å². The number of amides is 2. The fourth-order valence-corrected chi connectivity index (χ4v) is 2.51. The number of nitrogens with one attached hydrogen (secondary N) is 1. The van der Waals surface area contributed by atoms with Gasteiger partial charge in [0.2, 0.25) is 0 Å². The number of hydrogen-bond acceptors (Lipinski definition) is 6. The molecule has 0 spiro atoms. The van der Waals surface area contributed by atoms with E-state index >= 15 is 0 Å². The van der Waals surface area contributed by atoms with Crippen LogP contribution < -0.4 is 5.43 Å². The highest BCUT2D eigenvalue weighted by Gasteiger charge is 2.30. The number of esters is 1. The third kappa shape index (κ3) is 6.53. The van der Waals surface area contributed by atoms with E-state index < -0.39 is 24.2 Å². The monoisotopic (exact) mass is 400 g/mol. The summed E-state index contributed by atoms with van der Waals surface area (Å²) in [5, 5.41) is 0.967.